The van der Waals surface area contributed by atoms with Gasteiger partial charge in [0.2, 0.25) is 5.91 Å². The summed E-state index contributed by atoms with van der Waals surface area (Å²) in [5.41, 5.74) is 3.24. The van der Waals surface area contributed by atoms with Crippen LogP contribution in [-0.2, 0) is 23.3 Å². The lowest BCUT2D eigenvalue weighted by molar-refractivity contribution is -0.124. The van der Waals surface area contributed by atoms with Crippen molar-refractivity contribution in [1.82, 2.24) is 30.7 Å². The van der Waals surface area contributed by atoms with E-state index >= 15 is 0 Å². The Kier molecular flexibility index (Phi) is 5.68. The third-order valence-electron chi connectivity index (χ3n) is 4.59. The maximum Gasteiger partial charge on any atom is 0.238 e. The topological polar surface area (TPSA) is 85.9 Å². The van der Waals surface area contributed by atoms with Gasteiger partial charge in [-0.15, -0.1) is 0 Å². The molecule has 1 aliphatic heterocycles. The van der Waals surface area contributed by atoms with Crippen LogP contribution in [0.2, 0.25) is 0 Å². The van der Waals surface area contributed by atoms with E-state index < -0.39 is 0 Å². The number of amides is 1. The highest BCUT2D eigenvalue weighted by Crippen LogP contribution is 2.20. The predicted molar refractivity (Wildman–Crippen MR) is 100 cm³/mol. The molecule has 7 nitrogen and oxygen atoms in total. The Morgan fingerprint density at radius 3 is 2.81 bits per heavy atom. The molecule has 1 aliphatic rings. The minimum atomic E-state index is -0.199. The highest BCUT2D eigenvalue weighted by Gasteiger charge is 2.26. The number of pyridine rings is 1. The Labute approximate surface area is 154 Å². The summed E-state index contributed by atoms with van der Waals surface area (Å²) in [5, 5.41) is 13.9. The maximum atomic E-state index is 12.5. The number of nitrogens with zero attached hydrogens (tertiary/aromatic N) is 3. The Morgan fingerprint density at radius 2 is 2.12 bits per heavy atom. The van der Waals surface area contributed by atoms with E-state index in [-0.39, 0.29) is 17.4 Å². The Hall–Kier alpha value is -2.25. The van der Waals surface area contributed by atoms with Gasteiger partial charge in [0, 0.05) is 56.2 Å². The van der Waals surface area contributed by atoms with Crippen LogP contribution in [0.3, 0.4) is 0 Å². The van der Waals surface area contributed by atoms with Crippen molar-refractivity contribution in [3.63, 3.8) is 0 Å². The van der Waals surface area contributed by atoms with Gasteiger partial charge < -0.3 is 10.6 Å². The zero-order valence-corrected chi connectivity index (χ0v) is 15.7. The fourth-order valence-electron chi connectivity index (χ4n) is 3.01. The highest BCUT2D eigenvalue weighted by molar-refractivity contribution is 5.82. The number of carbonyl (C=O) groups is 1. The van der Waals surface area contributed by atoms with Crippen molar-refractivity contribution in [3.05, 3.63) is 47.5 Å². The molecule has 2 aromatic heterocycles. The molecule has 1 saturated heterocycles. The molecule has 7 heteroatoms. The molecule has 2 aromatic rings. The van der Waals surface area contributed by atoms with Gasteiger partial charge in [-0.1, -0.05) is 20.8 Å². The van der Waals surface area contributed by atoms with E-state index in [4.69, 9.17) is 0 Å². The number of aromatic nitrogens is 3. The Morgan fingerprint density at radius 1 is 1.35 bits per heavy atom. The van der Waals surface area contributed by atoms with Crippen molar-refractivity contribution in [3.8, 4) is 0 Å². The number of hydrogen-bond acceptors (Lipinski definition) is 5. The van der Waals surface area contributed by atoms with Crippen LogP contribution in [-0.4, -0.2) is 51.7 Å². The number of nitrogens with one attached hydrogen (secondary N) is 3. The molecule has 0 aromatic carbocycles. The van der Waals surface area contributed by atoms with Crippen LogP contribution in [0, 0.1) is 0 Å². The summed E-state index contributed by atoms with van der Waals surface area (Å²) in [6.45, 7) is 10.2. The summed E-state index contributed by atoms with van der Waals surface area (Å²) in [5.74, 6) is 0.0338. The smallest absolute Gasteiger partial charge is 0.238 e. The van der Waals surface area contributed by atoms with E-state index in [1.165, 1.54) is 0 Å². The van der Waals surface area contributed by atoms with Crippen LogP contribution in [0.25, 0.3) is 0 Å². The SMILES string of the molecule is CC(C)(C)c1cc(CN2CCNC(C(=O)NCc3ccncc3)C2)[nH]n1. The summed E-state index contributed by atoms with van der Waals surface area (Å²) >= 11 is 0. The fourth-order valence-corrected chi connectivity index (χ4v) is 3.01. The number of H-pyrrole nitrogens is 1. The molecule has 0 saturated carbocycles. The fraction of sp³-hybridized carbons (Fsp3) is 0.526. The Bertz CT molecular complexity index is 721. The van der Waals surface area contributed by atoms with Crippen molar-refractivity contribution in [1.29, 1.82) is 0 Å². The number of aromatic amines is 1. The first-order valence-corrected chi connectivity index (χ1v) is 9.09. The van der Waals surface area contributed by atoms with Gasteiger partial charge in [-0.3, -0.25) is 19.8 Å². The van der Waals surface area contributed by atoms with E-state index in [2.05, 4.69) is 57.6 Å². The molecule has 3 rings (SSSR count). The van der Waals surface area contributed by atoms with Gasteiger partial charge in [0.05, 0.1) is 11.7 Å². The van der Waals surface area contributed by atoms with Crippen molar-refractivity contribution in [2.45, 2.75) is 45.3 Å². The van der Waals surface area contributed by atoms with Gasteiger partial charge in [-0.05, 0) is 23.8 Å². The number of piperazine rings is 1. The predicted octanol–water partition coefficient (Wildman–Crippen LogP) is 1.19. The summed E-state index contributed by atoms with van der Waals surface area (Å²) < 4.78 is 0. The summed E-state index contributed by atoms with van der Waals surface area (Å²) in [6.07, 6.45) is 3.47. The van der Waals surface area contributed by atoms with Crippen LogP contribution in [0.15, 0.2) is 30.6 Å². The molecular formula is C19H28N6O. The van der Waals surface area contributed by atoms with Crippen molar-refractivity contribution in [2.75, 3.05) is 19.6 Å². The van der Waals surface area contributed by atoms with Gasteiger partial charge >= 0.3 is 0 Å². The number of carbonyl (C=O) groups excluding carboxylic acids is 1. The van der Waals surface area contributed by atoms with Gasteiger partial charge in [0.1, 0.15) is 0 Å². The zero-order chi connectivity index (χ0) is 18.6. The largest absolute Gasteiger partial charge is 0.351 e. The second-order valence-corrected chi connectivity index (χ2v) is 7.84. The lowest BCUT2D eigenvalue weighted by Gasteiger charge is -2.32. The maximum absolute atomic E-state index is 12.5. The highest BCUT2D eigenvalue weighted by atomic mass is 16.2. The molecule has 0 spiro atoms. The third kappa shape index (κ3) is 4.89. The van der Waals surface area contributed by atoms with Gasteiger partial charge in [-0.2, -0.15) is 5.10 Å². The quantitative estimate of drug-likeness (QED) is 0.749. The van der Waals surface area contributed by atoms with Crippen molar-refractivity contribution < 1.29 is 4.79 Å². The molecule has 3 N–H and O–H groups in total. The van der Waals surface area contributed by atoms with Crippen LogP contribution in [0.1, 0.15) is 37.7 Å². The standard InChI is InChI=1S/C19H28N6O/c1-19(2,3)17-10-15(23-24-17)12-25-9-8-21-16(13-25)18(26)22-11-14-4-6-20-7-5-14/h4-7,10,16,21H,8-9,11-13H2,1-3H3,(H,22,26)(H,23,24). The lowest BCUT2D eigenvalue weighted by Crippen LogP contribution is -2.56. The molecule has 0 aliphatic carbocycles. The lowest BCUT2D eigenvalue weighted by atomic mass is 9.92. The number of hydrogen-bond donors (Lipinski definition) is 3. The van der Waals surface area contributed by atoms with Crippen LogP contribution in [0.4, 0.5) is 0 Å². The van der Waals surface area contributed by atoms with E-state index in [1.54, 1.807) is 12.4 Å². The van der Waals surface area contributed by atoms with Crippen LogP contribution >= 0.6 is 0 Å². The molecule has 1 unspecified atom stereocenters. The molecular weight excluding hydrogens is 328 g/mol. The summed E-state index contributed by atoms with van der Waals surface area (Å²) in [4.78, 5) is 18.7. The molecule has 0 bridgehead atoms. The van der Waals surface area contributed by atoms with E-state index in [9.17, 15) is 4.79 Å². The second kappa shape index (κ2) is 7.97. The normalized spacial score (nSPS) is 18.7. The molecule has 1 atom stereocenters. The molecule has 3 heterocycles. The summed E-state index contributed by atoms with van der Waals surface area (Å²) in [6, 6.07) is 5.74. The first-order valence-electron chi connectivity index (χ1n) is 9.09. The first kappa shape index (κ1) is 18.5. The van der Waals surface area contributed by atoms with E-state index in [0.29, 0.717) is 13.1 Å². The molecule has 0 radical (unpaired) electrons. The molecule has 26 heavy (non-hydrogen) atoms. The second-order valence-electron chi connectivity index (χ2n) is 7.84. The van der Waals surface area contributed by atoms with Crippen molar-refractivity contribution >= 4 is 5.91 Å². The molecule has 140 valence electrons. The molecule has 1 amide bonds. The van der Waals surface area contributed by atoms with Gasteiger partial charge in [-0.25, -0.2) is 0 Å². The van der Waals surface area contributed by atoms with Crippen molar-refractivity contribution in [2.24, 2.45) is 0 Å². The Balaban J connectivity index is 1.52. The average molecular weight is 356 g/mol. The van der Waals surface area contributed by atoms with Gasteiger partial charge in [0.25, 0.3) is 0 Å². The van der Waals surface area contributed by atoms with Crippen LogP contribution < -0.4 is 10.6 Å². The third-order valence-corrected chi connectivity index (χ3v) is 4.59. The minimum Gasteiger partial charge on any atom is -0.351 e. The van der Waals surface area contributed by atoms with Crippen LogP contribution in [0.5, 0.6) is 0 Å². The number of rotatable bonds is 5. The minimum absolute atomic E-state index is 0.0338. The van der Waals surface area contributed by atoms with E-state index in [0.717, 1.165) is 36.6 Å². The molecule has 1 fully saturated rings. The monoisotopic (exact) mass is 356 g/mol. The zero-order valence-electron chi connectivity index (χ0n) is 15.7. The first-order chi connectivity index (χ1) is 12.4. The van der Waals surface area contributed by atoms with E-state index in [1.807, 2.05) is 12.1 Å². The van der Waals surface area contributed by atoms with Gasteiger partial charge in [0.15, 0.2) is 0 Å². The average Bonchev–Trinajstić information content (AvgIpc) is 3.10. The summed E-state index contributed by atoms with van der Waals surface area (Å²) in [7, 11) is 0.